The van der Waals surface area contributed by atoms with Crippen molar-refractivity contribution in [2.75, 3.05) is 37.5 Å². The van der Waals surface area contributed by atoms with Gasteiger partial charge in [-0.3, -0.25) is 0 Å². The standard InChI is InChI=1S/C12H16N2O2/c1-15-9-2-3-10-11(6-9)13-7-12(14-10)4-5-16-8-12/h2-3,6,13-14H,4-5,7-8H2,1H3. The molecule has 1 fully saturated rings. The number of hydrogen-bond donors (Lipinski definition) is 2. The number of hydrogen-bond acceptors (Lipinski definition) is 4. The fourth-order valence-electron chi connectivity index (χ4n) is 2.35. The molecular weight excluding hydrogens is 204 g/mol. The maximum Gasteiger partial charge on any atom is 0.121 e. The van der Waals surface area contributed by atoms with E-state index in [1.807, 2.05) is 12.1 Å². The smallest absolute Gasteiger partial charge is 0.121 e. The lowest BCUT2D eigenvalue weighted by Crippen LogP contribution is -2.48. The minimum absolute atomic E-state index is 0.0849. The lowest BCUT2D eigenvalue weighted by atomic mass is 9.95. The van der Waals surface area contributed by atoms with Gasteiger partial charge in [-0.05, 0) is 18.6 Å². The highest BCUT2D eigenvalue weighted by Gasteiger charge is 2.37. The largest absolute Gasteiger partial charge is 0.497 e. The van der Waals surface area contributed by atoms with Crippen LogP contribution in [0.15, 0.2) is 18.2 Å². The summed E-state index contributed by atoms with van der Waals surface area (Å²) in [7, 11) is 1.68. The Labute approximate surface area is 94.9 Å². The van der Waals surface area contributed by atoms with Crippen LogP contribution in [0.25, 0.3) is 0 Å². The maximum atomic E-state index is 5.47. The Morgan fingerprint density at radius 3 is 3.06 bits per heavy atom. The summed E-state index contributed by atoms with van der Waals surface area (Å²) in [6.07, 6.45) is 1.06. The molecule has 86 valence electrons. The SMILES string of the molecule is COc1ccc2c(c1)NCC1(CCOC1)N2. The van der Waals surface area contributed by atoms with E-state index in [-0.39, 0.29) is 5.54 Å². The Bertz CT molecular complexity index is 400. The van der Waals surface area contributed by atoms with Crippen LogP contribution in [0.5, 0.6) is 5.75 Å². The molecular formula is C12H16N2O2. The molecule has 0 bridgehead atoms. The number of ether oxygens (including phenoxy) is 2. The van der Waals surface area contributed by atoms with Gasteiger partial charge in [-0.1, -0.05) is 0 Å². The molecule has 3 rings (SSSR count). The van der Waals surface area contributed by atoms with E-state index in [1.165, 1.54) is 0 Å². The zero-order valence-corrected chi connectivity index (χ0v) is 9.38. The number of nitrogens with one attached hydrogen (secondary N) is 2. The Morgan fingerprint density at radius 1 is 1.38 bits per heavy atom. The first-order valence-electron chi connectivity index (χ1n) is 5.59. The number of anilines is 2. The zero-order valence-electron chi connectivity index (χ0n) is 9.38. The molecule has 0 aromatic heterocycles. The van der Waals surface area contributed by atoms with Gasteiger partial charge < -0.3 is 20.1 Å². The van der Waals surface area contributed by atoms with Gasteiger partial charge in [0.25, 0.3) is 0 Å². The van der Waals surface area contributed by atoms with Crippen molar-refractivity contribution in [3.63, 3.8) is 0 Å². The van der Waals surface area contributed by atoms with E-state index in [0.717, 1.165) is 43.3 Å². The lowest BCUT2D eigenvalue weighted by Gasteiger charge is -2.36. The van der Waals surface area contributed by atoms with Gasteiger partial charge in [0.1, 0.15) is 5.75 Å². The van der Waals surface area contributed by atoms with Crippen LogP contribution < -0.4 is 15.4 Å². The summed E-state index contributed by atoms with van der Waals surface area (Å²) in [4.78, 5) is 0. The average Bonchev–Trinajstić information content (AvgIpc) is 2.77. The second-order valence-electron chi connectivity index (χ2n) is 4.47. The molecule has 0 radical (unpaired) electrons. The average molecular weight is 220 g/mol. The summed E-state index contributed by atoms with van der Waals surface area (Å²) in [5.74, 6) is 0.881. The van der Waals surface area contributed by atoms with E-state index in [0.29, 0.717) is 0 Å². The lowest BCUT2D eigenvalue weighted by molar-refractivity contribution is 0.184. The van der Waals surface area contributed by atoms with Crippen LogP contribution in [0.4, 0.5) is 11.4 Å². The second-order valence-corrected chi connectivity index (χ2v) is 4.47. The molecule has 2 aliphatic rings. The molecule has 0 amide bonds. The van der Waals surface area contributed by atoms with E-state index in [1.54, 1.807) is 7.11 Å². The third-order valence-electron chi connectivity index (χ3n) is 3.35. The van der Waals surface area contributed by atoms with Crippen molar-refractivity contribution in [2.45, 2.75) is 12.0 Å². The monoisotopic (exact) mass is 220 g/mol. The fraction of sp³-hybridized carbons (Fsp3) is 0.500. The molecule has 0 saturated carbocycles. The fourth-order valence-corrected chi connectivity index (χ4v) is 2.35. The summed E-state index contributed by atoms with van der Waals surface area (Å²) in [6.45, 7) is 2.54. The van der Waals surface area contributed by atoms with Crippen molar-refractivity contribution >= 4 is 11.4 Å². The van der Waals surface area contributed by atoms with E-state index in [9.17, 15) is 0 Å². The molecule has 0 aliphatic carbocycles. The van der Waals surface area contributed by atoms with Crippen molar-refractivity contribution in [2.24, 2.45) is 0 Å². The number of benzene rings is 1. The highest BCUT2D eigenvalue weighted by molar-refractivity contribution is 5.74. The Hall–Kier alpha value is -1.42. The van der Waals surface area contributed by atoms with Crippen LogP contribution >= 0.6 is 0 Å². The Kier molecular flexibility index (Phi) is 2.17. The zero-order chi connectivity index (χ0) is 11.0. The molecule has 16 heavy (non-hydrogen) atoms. The molecule has 2 N–H and O–H groups in total. The van der Waals surface area contributed by atoms with Crippen LogP contribution in [0.2, 0.25) is 0 Å². The van der Waals surface area contributed by atoms with Gasteiger partial charge in [0.2, 0.25) is 0 Å². The first-order valence-corrected chi connectivity index (χ1v) is 5.59. The van der Waals surface area contributed by atoms with Crippen LogP contribution in [-0.4, -0.2) is 32.4 Å². The van der Waals surface area contributed by atoms with Gasteiger partial charge in [-0.2, -0.15) is 0 Å². The topological polar surface area (TPSA) is 42.5 Å². The summed E-state index contributed by atoms with van der Waals surface area (Å²) >= 11 is 0. The molecule has 1 aromatic carbocycles. The highest BCUT2D eigenvalue weighted by Crippen LogP contribution is 2.36. The highest BCUT2D eigenvalue weighted by atomic mass is 16.5. The molecule has 2 heterocycles. The van der Waals surface area contributed by atoms with Crippen molar-refractivity contribution in [1.29, 1.82) is 0 Å². The number of rotatable bonds is 1. The number of methoxy groups -OCH3 is 1. The Balaban J connectivity index is 1.89. The molecule has 1 unspecified atom stereocenters. The molecule has 4 heteroatoms. The van der Waals surface area contributed by atoms with Crippen LogP contribution in [0.1, 0.15) is 6.42 Å². The van der Waals surface area contributed by atoms with Gasteiger partial charge in [0.15, 0.2) is 0 Å². The molecule has 1 atom stereocenters. The van der Waals surface area contributed by atoms with Gasteiger partial charge in [-0.25, -0.2) is 0 Å². The summed E-state index contributed by atoms with van der Waals surface area (Å²) in [6, 6.07) is 6.05. The Morgan fingerprint density at radius 2 is 2.31 bits per heavy atom. The van der Waals surface area contributed by atoms with E-state index in [2.05, 4.69) is 16.7 Å². The molecule has 1 spiro atoms. The van der Waals surface area contributed by atoms with E-state index in [4.69, 9.17) is 9.47 Å². The van der Waals surface area contributed by atoms with Crippen LogP contribution in [0, 0.1) is 0 Å². The first-order chi connectivity index (χ1) is 7.81. The van der Waals surface area contributed by atoms with Crippen molar-refractivity contribution in [1.82, 2.24) is 0 Å². The van der Waals surface area contributed by atoms with E-state index < -0.39 is 0 Å². The van der Waals surface area contributed by atoms with Crippen molar-refractivity contribution in [3.05, 3.63) is 18.2 Å². The summed E-state index contributed by atoms with van der Waals surface area (Å²) in [5.41, 5.74) is 2.33. The predicted molar refractivity (Wildman–Crippen MR) is 63.3 cm³/mol. The molecule has 4 nitrogen and oxygen atoms in total. The quantitative estimate of drug-likeness (QED) is 0.756. The van der Waals surface area contributed by atoms with Crippen molar-refractivity contribution < 1.29 is 9.47 Å². The van der Waals surface area contributed by atoms with E-state index >= 15 is 0 Å². The normalized spacial score (nSPS) is 27.1. The third kappa shape index (κ3) is 1.50. The minimum Gasteiger partial charge on any atom is -0.497 e. The number of fused-ring (bicyclic) bond motifs is 1. The first kappa shape index (κ1) is 9.78. The molecule has 1 saturated heterocycles. The van der Waals surface area contributed by atoms with Gasteiger partial charge in [0.05, 0.1) is 30.6 Å². The summed E-state index contributed by atoms with van der Waals surface area (Å²) in [5, 5.41) is 7.03. The van der Waals surface area contributed by atoms with Gasteiger partial charge >= 0.3 is 0 Å². The summed E-state index contributed by atoms with van der Waals surface area (Å²) < 4.78 is 10.7. The van der Waals surface area contributed by atoms with Crippen LogP contribution in [-0.2, 0) is 4.74 Å². The van der Waals surface area contributed by atoms with Crippen molar-refractivity contribution in [3.8, 4) is 5.75 Å². The second kappa shape index (κ2) is 3.56. The van der Waals surface area contributed by atoms with Gasteiger partial charge in [0, 0.05) is 19.2 Å². The van der Waals surface area contributed by atoms with Gasteiger partial charge in [-0.15, -0.1) is 0 Å². The molecule has 1 aromatic rings. The van der Waals surface area contributed by atoms with Crippen LogP contribution in [0.3, 0.4) is 0 Å². The molecule has 2 aliphatic heterocycles. The third-order valence-corrected chi connectivity index (χ3v) is 3.35. The maximum absolute atomic E-state index is 5.47. The predicted octanol–water partition coefficient (Wildman–Crippen LogP) is 1.69. The minimum atomic E-state index is 0.0849.